The standard InChI is InChI=1S/C13H15ClN2O2/c1-8(2)6-11-15-12(14)10-5-4-9(7-16(10)11)13(17)18-3/h4-5,7-8H,6H2,1-3H3. The average molecular weight is 267 g/mol. The summed E-state index contributed by atoms with van der Waals surface area (Å²) in [5.41, 5.74) is 1.30. The summed E-state index contributed by atoms with van der Waals surface area (Å²) in [7, 11) is 1.36. The largest absolute Gasteiger partial charge is 0.465 e. The zero-order valence-corrected chi connectivity index (χ0v) is 11.4. The van der Waals surface area contributed by atoms with Gasteiger partial charge in [-0.15, -0.1) is 0 Å². The van der Waals surface area contributed by atoms with Crippen LogP contribution in [0.5, 0.6) is 0 Å². The lowest BCUT2D eigenvalue weighted by Crippen LogP contribution is -2.05. The normalized spacial score (nSPS) is 11.2. The molecule has 2 aromatic rings. The van der Waals surface area contributed by atoms with Gasteiger partial charge in [0.15, 0.2) is 5.15 Å². The molecule has 18 heavy (non-hydrogen) atoms. The molecule has 0 fully saturated rings. The van der Waals surface area contributed by atoms with Crippen LogP contribution in [0, 0.1) is 5.92 Å². The zero-order chi connectivity index (χ0) is 13.3. The summed E-state index contributed by atoms with van der Waals surface area (Å²) in [6.45, 7) is 4.22. The number of fused-ring (bicyclic) bond motifs is 1. The predicted molar refractivity (Wildman–Crippen MR) is 70.1 cm³/mol. The number of imidazole rings is 1. The molecular formula is C13H15ClN2O2. The van der Waals surface area contributed by atoms with Crippen LogP contribution in [0.4, 0.5) is 0 Å². The maximum absolute atomic E-state index is 11.5. The Balaban J connectivity index is 2.55. The summed E-state index contributed by atoms with van der Waals surface area (Å²) in [5, 5.41) is 0.460. The molecular weight excluding hydrogens is 252 g/mol. The van der Waals surface area contributed by atoms with Gasteiger partial charge in [0, 0.05) is 12.6 Å². The first-order chi connectivity index (χ1) is 8.52. The molecule has 0 aliphatic heterocycles. The Bertz CT molecular complexity index is 590. The number of rotatable bonds is 3. The van der Waals surface area contributed by atoms with Crippen molar-refractivity contribution in [3.05, 3.63) is 34.9 Å². The number of esters is 1. The van der Waals surface area contributed by atoms with E-state index in [4.69, 9.17) is 16.3 Å². The lowest BCUT2D eigenvalue weighted by Gasteiger charge is -2.05. The number of nitrogens with zero attached hydrogens (tertiary/aromatic N) is 2. The van der Waals surface area contributed by atoms with Crippen LogP contribution in [0.15, 0.2) is 18.3 Å². The minimum Gasteiger partial charge on any atom is -0.465 e. The van der Waals surface area contributed by atoms with E-state index in [1.165, 1.54) is 7.11 Å². The SMILES string of the molecule is COC(=O)c1ccc2c(Cl)nc(CC(C)C)n2c1. The smallest absolute Gasteiger partial charge is 0.339 e. The van der Waals surface area contributed by atoms with Gasteiger partial charge in [0.25, 0.3) is 0 Å². The number of halogens is 1. The zero-order valence-electron chi connectivity index (χ0n) is 10.6. The van der Waals surface area contributed by atoms with Gasteiger partial charge in [-0.1, -0.05) is 25.4 Å². The second-order valence-corrected chi connectivity index (χ2v) is 4.94. The minimum absolute atomic E-state index is 0.364. The maximum atomic E-state index is 11.5. The van der Waals surface area contributed by atoms with Crippen LogP contribution in [0.2, 0.25) is 5.15 Å². The first-order valence-corrected chi connectivity index (χ1v) is 6.15. The molecule has 4 nitrogen and oxygen atoms in total. The average Bonchev–Trinajstić information content (AvgIpc) is 2.64. The minimum atomic E-state index is -0.364. The topological polar surface area (TPSA) is 43.6 Å². The number of hydrogen-bond donors (Lipinski definition) is 0. The van der Waals surface area contributed by atoms with Crippen LogP contribution in [0.25, 0.3) is 5.52 Å². The Hall–Kier alpha value is -1.55. The fraction of sp³-hybridized carbons (Fsp3) is 0.385. The van der Waals surface area contributed by atoms with E-state index < -0.39 is 0 Å². The van der Waals surface area contributed by atoms with E-state index >= 15 is 0 Å². The van der Waals surface area contributed by atoms with Gasteiger partial charge in [-0.05, 0) is 18.1 Å². The summed E-state index contributed by atoms with van der Waals surface area (Å²) < 4.78 is 6.56. The summed E-state index contributed by atoms with van der Waals surface area (Å²) in [5.74, 6) is 0.960. The van der Waals surface area contributed by atoms with Crippen molar-refractivity contribution >= 4 is 23.1 Å². The Kier molecular flexibility index (Phi) is 3.57. The van der Waals surface area contributed by atoms with E-state index in [2.05, 4.69) is 18.8 Å². The van der Waals surface area contributed by atoms with Crippen molar-refractivity contribution < 1.29 is 9.53 Å². The molecule has 0 unspecified atom stereocenters. The van der Waals surface area contributed by atoms with Gasteiger partial charge in [0.2, 0.25) is 0 Å². The van der Waals surface area contributed by atoms with E-state index in [1.54, 1.807) is 18.3 Å². The molecule has 0 aliphatic rings. The van der Waals surface area contributed by atoms with E-state index in [9.17, 15) is 4.79 Å². The molecule has 0 saturated heterocycles. The molecule has 0 spiro atoms. The second-order valence-electron chi connectivity index (χ2n) is 4.58. The highest BCUT2D eigenvalue weighted by molar-refractivity contribution is 6.32. The Labute approximate surface area is 111 Å². The molecule has 0 bridgehead atoms. The number of aromatic nitrogens is 2. The van der Waals surface area contributed by atoms with Gasteiger partial charge < -0.3 is 9.14 Å². The molecule has 5 heteroatoms. The first kappa shape index (κ1) is 12.9. The maximum Gasteiger partial charge on any atom is 0.339 e. The summed E-state index contributed by atoms with van der Waals surface area (Å²) >= 11 is 6.08. The number of ether oxygens (including phenoxy) is 1. The number of carbonyl (C=O) groups is 1. The summed E-state index contributed by atoms with van der Waals surface area (Å²) in [4.78, 5) is 15.8. The fourth-order valence-corrected chi connectivity index (χ4v) is 2.11. The number of hydrogen-bond acceptors (Lipinski definition) is 3. The third-order valence-electron chi connectivity index (χ3n) is 2.68. The molecule has 0 N–H and O–H groups in total. The van der Waals surface area contributed by atoms with Crippen molar-refractivity contribution in [1.29, 1.82) is 0 Å². The van der Waals surface area contributed by atoms with E-state index in [0.717, 1.165) is 17.8 Å². The fourth-order valence-electron chi connectivity index (χ4n) is 1.85. The summed E-state index contributed by atoms with van der Waals surface area (Å²) in [6.07, 6.45) is 2.52. The molecule has 0 amide bonds. The third-order valence-corrected chi connectivity index (χ3v) is 2.96. The van der Waals surface area contributed by atoms with Crippen LogP contribution in [0.1, 0.15) is 30.0 Å². The highest BCUT2D eigenvalue weighted by Gasteiger charge is 2.13. The quantitative estimate of drug-likeness (QED) is 0.802. The molecule has 0 aliphatic carbocycles. The Morgan fingerprint density at radius 1 is 1.50 bits per heavy atom. The first-order valence-electron chi connectivity index (χ1n) is 5.77. The Morgan fingerprint density at radius 3 is 2.83 bits per heavy atom. The van der Waals surface area contributed by atoms with E-state index in [0.29, 0.717) is 16.6 Å². The van der Waals surface area contributed by atoms with Gasteiger partial charge in [0.05, 0.1) is 18.2 Å². The highest BCUT2D eigenvalue weighted by atomic mass is 35.5. The second kappa shape index (κ2) is 4.98. The van der Waals surface area contributed by atoms with Gasteiger partial charge in [-0.25, -0.2) is 9.78 Å². The molecule has 0 radical (unpaired) electrons. The van der Waals surface area contributed by atoms with E-state index in [1.807, 2.05) is 4.40 Å². The molecule has 0 saturated carbocycles. The molecule has 2 rings (SSSR count). The van der Waals surface area contributed by atoms with Crippen molar-refractivity contribution in [2.24, 2.45) is 5.92 Å². The number of carbonyl (C=O) groups excluding carboxylic acids is 1. The van der Waals surface area contributed by atoms with Gasteiger partial charge in [-0.3, -0.25) is 0 Å². The number of pyridine rings is 1. The van der Waals surface area contributed by atoms with Crippen LogP contribution in [0.3, 0.4) is 0 Å². The van der Waals surface area contributed by atoms with Gasteiger partial charge in [-0.2, -0.15) is 0 Å². The molecule has 96 valence electrons. The molecule has 2 heterocycles. The van der Waals surface area contributed by atoms with Gasteiger partial charge >= 0.3 is 5.97 Å². The third kappa shape index (κ3) is 2.34. The molecule has 2 aromatic heterocycles. The van der Waals surface area contributed by atoms with Crippen LogP contribution >= 0.6 is 11.6 Å². The molecule has 0 aromatic carbocycles. The lowest BCUT2D eigenvalue weighted by atomic mass is 10.1. The Morgan fingerprint density at radius 2 is 2.22 bits per heavy atom. The van der Waals surface area contributed by atoms with Crippen molar-refractivity contribution in [3.63, 3.8) is 0 Å². The van der Waals surface area contributed by atoms with Crippen LogP contribution < -0.4 is 0 Å². The van der Waals surface area contributed by atoms with Gasteiger partial charge in [0.1, 0.15) is 5.82 Å². The summed E-state index contributed by atoms with van der Waals surface area (Å²) in [6, 6.07) is 3.47. The lowest BCUT2D eigenvalue weighted by molar-refractivity contribution is 0.0600. The predicted octanol–water partition coefficient (Wildman–Crippen LogP) is 2.97. The van der Waals surface area contributed by atoms with Crippen molar-refractivity contribution in [1.82, 2.24) is 9.38 Å². The van der Waals surface area contributed by atoms with Crippen molar-refractivity contribution in [2.45, 2.75) is 20.3 Å². The highest BCUT2D eigenvalue weighted by Crippen LogP contribution is 2.21. The monoisotopic (exact) mass is 266 g/mol. The molecule has 0 atom stereocenters. The van der Waals surface area contributed by atoms with Crippen molar-refractivity contribution in [3.8, 4) is 0 Å². The van der Waals surface area contributed by atoms with Crippen LogP contribution in [-0.2, 0) is 11.2 Å². The van der Waals surface area contributed by atoms with Crippen molar-refractivity contribution in [2.75, 3.05) is 7.11 Å². The van der Waals surface area contributed by atoms with Crippen LogP contribution in [-0.4, -0.2) is 22.5 Å². The number of methoxy groups -OCH3 is 1. The van der Waals surface area contributed by atoms with E-state index in [-0.39, 0.29) is 5.97 Å².